The summed E-state index contributed by atoms with van der Waals surface area (Å²) in [5.41, 5.74) is 8.38. The Bertz CT molecular complexity index is 634. The van der Waals surface area contributed by atoms with Gasteiger partial charge in [0.2, 0.25) is 0 Å². The second-order valence-electron chi connectivity index (χ2n) is 5.83. The summed E-state index contributed by atoms with van der Waals surface area (Å²) < 4.78 is 1.07. The molecule has 3 N–H and O–H groups in total. The van der Waals surface area contributed by atoms with Gasteiger partial charge < -0.3 is 10.8 Å². The maximum absolute atomic E-state index is 11.1. The van der Waals surface area contributed by atoms with Gasteiger partial charge in [-0.3, -0.25) is 0 Å². The van der Waals surface area contributed by atoms with Gasteiger partial charge in [0.1, 0.15) is 0 Å². The Labute approximate surface area is 138 Å². The van der Waals surface area contributed by atoms with Crippen LogP contribution in [0.25, 0.3) is 0 Å². The van der Waals surface area contributed by atoms with Crippen LogP contribution in [0.1, 0.15) is 39.8 Å². The van der Waals surface area contributed by atoms with E-state index < -0.39 is 6.10 Å². The standard InChI is InChI=1S/C17H20BrNOS/c1-11-14(18)9-15(21-11)16(20)17(10-19)8-4-6-12-5-2-3-7-13(12)17/h2-3,5,7,9,16,20H,4,6,8,10,19H2,1H3. The Morgan fingerprint density at radius 2 is 2.19 bits per heavy atom. The smallest absolute Gasteiger partial charge is 0.0990 e. The quantitative estimate of drug-likeness (QED) is 0.860. The first-order valence-electron chi connectivity index (χ1n) is 7.31. The number of hydrogen-bond donors (Lipinski definition) is 2. The molecule has 1 aromatic carbocycles. The maximum atomic E-state index is 11.1. The van der Waals surface area contributed by atoms with Crippen LogP contribution in [0.15, 0.2) is 34.8 Å². The van der Waals surface area contributed by atoms with E-state index in [1.54, 1.807) is 11.3 Å². The molecule has 2 aromatic rings. The van der Waals surface area contributed by atoms with Crippen LogP contribution < -0.4 is 5.73 Å². The Hall–Kier alpha value is -0.680. The van der Waals surface area contributed by atoms with Crippen molar-refractivity contribution < 1.29 is 5.11 Å². The minimum atomic E-state index is -0.543. The van der Waals surface area contributed by atoms with Gasteiger partial charge in [0.15, 0.2) is 0 Å². The number of rotatable bonds is 3. The molecular formula is C17H20BrNOS. The Balaban J connectivity index is 2.09. The van der Waals surface area contributed by atoms with Gasteiger partial charge >= 0.3 is 0 Å². The molecule has 0 saturated carbocycles. The average molecular weight is 366 g/mol. The second-order valence-corrected chi connectivity index (χ2v) is 7.97. The highest BCUT2D eigenvalue weighted by atomic mass is 79.9. The van der Waals surface area contributed by atoms with E-state index >= 15 is 0 Å². The summed E-state index contributed by atoms with van der Waals surface area (Å²) in [6, 6.07) is 10.5. The molecule has 0 fully saturated rings. The first-order chi connectivity index (χ1) is 10.1. The molecule has 3 rings (SSSR count). The third-order valence-electron chi connectivity index (χ3n) is 4.66. The van der Waals surface area contributed by atoms with E-state index in [-0.39, 0.29) is 5.41 Å². The molecule has 1 aliphatic rings. The predicted octanol–water partition coefficient (Wildman–Crippen LogP) is 4.09. The zero-order chi connectivity index (χ0) is 15.0. The number of aliphatic hydroxyl groups excluding tert-OH is 1. The molecule has 4 heteroatoms. The van der Waals surface area contributed by atoms with Crippen LogP contribution in [0.4, 0.5) is 0 Å². The average Bonchev–Trinajstić information content (AvgIpc) is 2.85. The van der Waals surface area contributed by atoms with Crippen molar-refractivity contribution in [1.29, 1.82) is 0 Å². The van der Waals surface area contributed by atoms with Crippen molar-refractivity contribution in [2.75, 3.05) is 6.54 Å². The predicted molar refractivity (Wildman–Crippen MR) is 91.8 cm³/mol. The first kappa shape index (κ1) is 15.2. The zero-order valence-electron chi connectivity index (χ0n) is 12.1. The van der Waals surface area contributed by atoms with Crippen molar-refractivity contribution in [1.82, 2.24) is 0 Å². The lowest BCUT2D eigenvalue weighted by molar-refractivity contribution is 0.0748. The number of aliphatic hydroxyl groups is 1. The van der Waals surface area contributed by atoms with Crippen molar-refractivity contribution in [2.45, 2.75) is 37.7 Å². The van der Waals surface area contributed by atoms with E-state index in [2.05, 4.69) is 47.1 Å². The summed E-state index contributed by atoms with van der Waals surface area (Å²) in [5.74, 6) is 0. The minimum absolute atomic E-state index is 0.356. The molecule has 0 spiro atoms. The third kappa shape index (κ3) is 2.48. The number of halogens is 1. The Kier molecular flexibility index (Phi) is 4.23. The van der Waals surface area contributed by atoms with Crippen molar-refractivity contribution >= 4 is 27.3 Å². The van der Waals surface area contributed by atoms with Gasteiger partial charge in [-0.15, -0.1) is 11.3 Å². The van der Waals surface area contributed by atoms with Gasteiger partial charge in [0.05, 0.1) is 6.10 Å². The topological polar surface area (TPSA) is 46.2 Å². The first-order valence-corrected chi connectivity index (χ1v) is 8.92. The number of benzene rings is 1. The fraction of sp³-hybridized carbons (Fsp3) is 0.412. The van der Waals surface area contributed by atoms with Crippen LogP contribution in [0.2, 0.25) is 0 Å². The molecule has 2 nitrogen and oxygen atoms in total. The van der Waals surface area contributed by atoms with E-state index in [1.807, 2.05) is 6.07 Å². The molecule has 0 radical (unpaired) electrons. The zero-order valence-corrected chi connectivity index (χ0v) is 14.5. The van der Waals surface area contributed by atoms with Crippen molar-refractivity contribution in [3.63, 3.8) is 0 Å². The summed E-state index contributed by atoms with van der Waals surface area (Å²) in [4.78, 5) is 2.20. The molecule has 21 heavy (non-hydrogen) atoms. The molecule has 1 heterocycles. The molecule has 0 aliphatic heterocycles. The molecule has 1 aliphatic carbocycles. The van der Waals surface area contributed by atoms with Crippen LogP contribution in [0.3, 0.4) is 0 Å². The lowest BCUT2D eigenvalue weighted by Gasteiger charge is -2.41. The van der Waals surface area contributed by atoms with Crippen LogP contribution in [-0.4, -0.2) is 11.7 Å². The van der Waals surface area contributed by atoms with Gasteiger partial charge in [0, 0.05) is 26.2 Å². The number of aryl methyl sites for hydroxylation is 2. The van der Waals surface area contributed by atoms with Crippen LogP contribution in [0, 0.1) is 6.92 Å². The van der Waals surface area contributed by atoms with Gasteiger partial charge in [-0.2, -0.15) is 0 Å². The number of thiophene rings is 1. The summed E-state index contributed by atoms with van der Waals surface area (Å²) in [5, 5.41) is 11.1. The van der Waals surface area contributed by atoms with E-state index in [9.17, 15) is 5.11 Å². The van der Waals surface area contributed by atoms with Crippen molar-refractivity contribution in [3.05, 3.63) is 55.7 Å². The van der Waals surface area contributed by atoms with Crippen molar-refractivity contribution in [2.24, 2.45) is 5.73 Å². The highest BCUT2D eigenvalue weighted by Gasteiger charge is 2.43. The molecule has 0 saturated heterocycles. The largest absolute Gasteiger partial charge is 0.387 e. The number of fused-ring (bicyclic) bond motifs is 1. The molecule has 112 valence electrons. The molecule has 2 atom stereocenters. The second kappa shape index (κ2) is 5.84. The Morgan fingerprint density at radius 1 is 1.43 bits per heavy atom. The highest BCUT2D eigenvalue weighted by molar-refractivity contribution is 9.10. The van der Waals surface area contributed by atoms with Crippen LogP contribution in [0.5, 0.6) is 0 Å². The van der Waals surface area contributed by atoms with Crippen LogP contribution >= 0.6 is 27.3 Å². The number of hydrogen-bond acceptors (Lipinski definition) is 3. The number of nitrogens with two attached hydrogens (primary N) is 1. The maximum Gasteiger partial charge on any atom is 0.0990 e. The minimum Gasteiger partial charge on any atom is -0.387 e. The van der Waals surface area contributed by atoms with Gasteiger partial charge in [0.25, 0.3) is 0 Å². The molecule has 0 bridgehead atoms. The van der Waals surface area contributed by atoms with Crippen molar-refractivity contribution in [3.8, 4) is 0 Å². The SMILES string of the molecule is Cc1sc(C(O)C2(CN)CCCc3ccccc32)cc1Br. The van der Waals surface area contributed by atoms with Crippen LogP contribution in [-0.2, 0) is 11.8 Å². The van der Waals surface area contributed by atoms with E-state index in [4.69, 9.17) is 5.73 Å². The molecule has 2 unspecified atom stereocenters. The van der Waals surface area contributed by atoms with Gasteiger partial charge in [-0.25, -0.2) is 0 Å². The van der Waals surface area contributed by atoms with E-state index in [1.165, 1.54) is 16.0 Å². The molecular weight excluding hydrogens is 346 g/mol. The highest BCUT2D eigenvalue weighted by Crippen LogP contribution is 2.47. The normalized spacial score (nSPS) is 22.9. The molecule has 1 aromatic heterocycles. The van der Waals surface area contributed by atoms with Gasteiger partial charge in [-0.05, 0) is 59.3 Å². The molecule has 0 amide bonds. The van der Waals surface area contributed by atoms with Gasteiger partial charge in [-0.1, -0.05) is 24.3 Å². The monoisotopic (exact) mass is 365 g/mol. The lowest BCUT2D eigenvalue weighted by Crippen LogP contribution is -2.43. The fourth-order valence-electron chi connectivity index (χ4n) is 3.45. The summed E-state index contributed by atoms with van der Waals surface area (Å²) in [6.45, 7) is 2.54. The Morgan fingerprint density at radius 3 is 2.86 bits per heavy atom. The summed E-state index contributed by atoms with van der Waals surface area (Å²) in [7, 11) is 0. The lowest BCUT2D eigenvalue weighted by atomic mass is 9.66. The fourth-order valence-corrected chi connectivity index (χ4v) is 5.11. The summed E-state index contributed by atoms with van der Waals surface area (Å²) in [6.07, 6.45) is 2.56. The summed E-state index contributed by atoms with van der Waals surface area (Å²) >= 11 is 5.20. The van der Waals surface area contributed by atoms with E-state index in [0.29, 0.717) is 6.54 Å². The third-order valence-corrected chi connectivity index (χ3v) is 6.85. The van der Waals surface area contributed by atoms with E-state index in [0.717, 1.165) is 28.6 Å².